The van der Waals surface area contributed by atoms with E-state index < -0.39 is 10.0 Å². The molecule has 8 nitrogen and oxygen atoms in total. The average Bonchev–Trinajstić information content (AvgIpc) is 2.80. The molecule has 192 valence electrons. The maximum Gasteiger partial charge on any atom is 0.252 e. The lowest BCUT2D eigenvalue weighted by atomic mass is 9.92. The molecule has 1 aromatic heterocycles. The molecule has 4 rings (SSSR count). The van der Waals surface area contributed by atoms with E-state index in [0.29, 0.717) is 48.3 Å². The van der Waals surface area contributed by atoms with Crippen LogP contribution in [0.2, 0.25) is 0 Å². The van der Waals surface area contributed by atoms with Crippen molar-refractivity contribution >= 4 is 26.8 Å². The Kier molecular flexibility index (Phi) is 7.98. The van der Waals surface area contributed by atoms with Crippen LogP contribution >= 0.6 is 0 Å². The zero-order chi connectivity index (χ0) is 25.2. The smallest absolute Gasteiger partial charge is 0.252 e. The number of pyridine rings is 1. The molecule has 2 aromatic rings. The van der Waals surface area contributed by atoms with Crippen molar-refractivity contribution in [1.29, 1.82) is 0 Å². The van der Waals surface area contributed by atoms with Gasteiger partial charge in [-0.1, -0.05) is 20.8 Å². The minimum absolute atomic E-state index is 0.147. The summed E-state index contributed by atoms with van der Waals surface area (Å²) in [6, 6.07) is 5.86. The zero-order valence-electron chi connectivity index (χ0n) is 21.0. The van der Waals surface area contributed by atoms with Gasteiger partial charge in [0.05, 0.1) is 10.5 Å². The molecule has 2 atom stereocenters. The van der Waals surface area contributed by atoms with E-state index in [1.165, 1.54) is 28.9 Å². The van der Waals surface area contributed by atoms with Gasteiger partial charge in [0.15, 0.2) is 0 Å². The molecule has 9 heteroatoms. The van der Waals surface area contributed by atoms with Crippen LogP contribution in [0.4, 0.5) is 0 Å². The van der Waals surface area contributed by atoms with Crippen LogP contribution in [0.3, 0.4) is 0 Å². The van der Waals surface area contributed by atoms with Gasteiger partial charge in [-0.15, -0.1) is 0 Å². The monoisotopic (exact) mass is 502 g/mol. The molecule has 0 unspecified atom stereocenters. The van der Waals surface area contributed by atoms with E-state index in [4.69, 9.17) is 0 Å². The van der Waals surface area contributed by atoms with Gasteiger partial charge in [-0.2, -0.15) is 4.31 Å². The van der Waals surface area contributed by atoms with Gasteiger partial charge in [0.2, 0.25) is 15.6 Å². The third-order valence-electron chi connectivity index (χ3n) is 7.32. The first-order valence-corrected chi connectivity index (χ1v) is 14.2. The Morgan fingerprint density at radius 1 is 1.06 bits per heavy atom. The number of rotatable bonds is 7. The third kappa shape index (κ3) is 6.13. The van der Waals surface area contributed by atoms with Crippen molar-refractivity contribution in [2.75, 3.05) is 39.3 Å². The zero-order valence-corrected chi connectivity index (χ0v) is 21.9. The summed E-state index contributed by atoms with van der Waals surface area (Å²) in [6.45, 7) is 11.3. The number of aromatic amines is 1. The highest BCUT2D eigenvalue weighted by molar-refractivity contribution is 7.89. The van der Waals surface area contributed by atoms with Crippen LogP contribution < -0.4 is 10.9 Å². The van der Waals surface area contributed by atoms with E-state index in [-0.39, 0.29) is 21.9 Å². The van der Waals surface area contributed by atoms with Gasteiger partial charge < -0.3 is 15.2 Å². The van der Waals surface area contributed by atoms with Gasteiger partial charge in [-0.25, -0.2) is 8.42 Å². The Balaban J connectivity index is 1.48. The fourth-order valence-corrected chi connectivity index (χ4v) is 7.03. The number of piperidine rings is 2. The van der Waals surface area contributed by atoms with E-state index >= 15 is 0 Å². The lowest BCUT2D eigenvalue weighted by Gasteiger charge is -2.34. The van der Waals surface area contributed by atoms with E-state index in [9.17, 15) is 18.0 Å². The molecule has 3 heterocycles. The molecule has 2 fully saturated rings. The first-order valence-electron chi connectivity index (χ1n) is 12.8. The summed E-state index contributed by atoms with van der Waals surface area (Å²) >= 11 is 0. The van der Waals surface area contributed by atoms with Crippen LogP contribution in [0, 0.1) is 17.8 Å². The second-order valence-corrected chi connectivity index (χ2v) is 12.6. The average molecular weight is 503 g/mol. The predicted molar refractivity (Wildman–Crippen MR) is 138 cm³/mol. The van der Waals surface area contributed by atoms with Crippen molar-refractivity contribution in [2.24, 2.45) is 17.8 Å². The Morgan fingerprint density at radius 2 is 1.74 bits per heavy atom. The van der Waals surface area contributed by atoms with Crippen molar-refractivity contribution < 1.29 is 13.2 Å². The SMILES string of the molecule is CC1CCN(S(=O)(=O)c2ccc3[nH]c(=O)cc(C(=O)NCCCN4C[C@H](C)C[C@@H](C)C4)c3c2)CC1. The fraction of sp³-hybridized carbons (Fsp3) is 0.615. The summed E-state index contributed by atoms with van der Waals surface area (Å²) in [4.78, 5) is 30.5. The van der Waals surface area contributed by atoms with Crippen molar-refractivity contribution in [2.45, 2.75) is 51.3 Å². The number of nitrogens with zero attached hydrogens (tertiary/aromatic N) is 2. The highest BCUT2D eigenvalue weighted by atomic mass is 32.2. The maximum atomic E-state index is 13.2. The van der Waals surface area contributed by atoms with E-state index in [0.717, 1.165) is 38.9 Å². The number of H-pyrrole nitrogens is 1. The van der Waals surface area contributed by atoms with Gasteiger partial charge in [-0.3, -0.25) is 9.59 Å². The minimum Gasteiger partial charge on any atom is -0.352 e. The van der Waals surface area contributed by atoms with E-state index in [1.54, 1.807) is 6.07 Å². The van der Waals surface area contributed by atoms with Crippen LogP contribution in [-0.2, 0) is 10.0 Å². The molecule has 0 aliphatic carbocycles. The molecule has 2 aliphatic rings. The number of fused-ring (bicyclic) bond motifs is 1. The first-order chi connectivity index (χ1) is 16.6. The summed E-state index contributed by atoms with van der Waals surface area (Å²) < 4.78 is 28.0. The molecule has 0 radical (unpaired) electrons. The van der Waals surface area contributed by atoms with Crippen LogP contribution in [0.15, 0.2) is 34.0 Å². The largest absolute Gasteiger partial charge is 0.352 e. The molecule has 35 heavy (non-hydrogen) atoms. The second-order valence-electron chi connectivity index (χ2n) is 10.7. The lowest BCUT2D eigenvalue weighted by Crippen LogP contribution is -2.40. The summed E-state index contributed by atoms with van der Waals surface area (Å²) in [5, 5.41) is 3.37. The molecule has 1 amide bonds. The minimum atomic E-state index is -3.67. The van der Waals surface area contributed by atoms with Crippen LogP contribution in [0.25, 0.3) is 10.9 Å². The lowest BCUT2D eigenvalue weighted by molar-refractivity contribution is 0.0948. The Labute approximate surface area is 208 Å². The quantitative estimate of drug-likeness (QED) is 0.567. The van der Waals surface area contributed by atoms with E-state index in [1.807, 2.05) is 0 Å². The molecule has 1 aromatic carbocycles. The van der Waals surface area contributed by atoms with Gasteiger partial charge in [0, 0.05) is 49.7 Å². The third-order valence-corrected chi connectivity index (χ3v) is 9.22. The number of carbonyl (C=O) groups is 1. The number of carbonyl (C=O) groups excluding carboxylic acids is 1. The highest BCUT2D eigenvalue weighted by Crippen LogP contribution is 2.26. The summed E-state index contributed by atoms with van der Waals surface area (Å²) in [6.07, 6.45) is 3.75. The summed E-state index contributed by atoms with van der Waals surface area (Å²) in [5.74, 6) is 1.53. The van der Waals surface area contributed by atoms with Crippen LogP contribution in [-0.4, -0.2) is 67.8 Å². The highest BCUT2D eigenvalue weighted by Gasteiger charge is 2.28. The molecule has 0 spiro atoms. The first kappa shape index (κ1) is 25.9. The molecule has 2 N–H and O–H groups in total. The number of benzene rings is 1. The van der Waals surface area contributed by atoms with Crippen molar-refractivity contribution in [3.8, 4) is 0 Å². The molecule has 2 saturated heterocycles. The Morgan fingerprint density at radius 3 is 2.43 bits per heavy atom. The van der Waals surface area contributed by atoms with Gasteiger partial charge in [0.25, 0.3) is 5.91 Å². The number of aromatic nitrogens is 1. The van der Waals surface area contributed by atoms with Crippen molar-refractivity contribution in [1.82, 2.24) is 19.5 Å². The van der Waals surface area contributed by atoms with E-state index in [2.05, 4.69) is 36.0 Å². The number of likely N-dealkylation sites (tertiary alicyclic amines) is 1. The Bertz CT molecular complexity index is 1210. The molecular weight excluding hydrogens is 464 g/mol. The summed E-state index contributed by atoms with van der Waals surface area (Å²) in [7, 11) is -3.67. The van der Waals surface area contributed by atoms with Gasteiger partial charge >= 0.3 is 0 Å². The van der Waals surface area contributed by atoms with Gasteiger partial charge in [-0.05, 0) is 68.2 Å². The van der Waals surface area contributed by atoms with Crippen molar-refractivity contribution in [3.05, 3.63) is 40.2 Å². The maximum absolute atomic E-state index is 13.2. The van der Waals surface area contributed by atoms with Crippen LogP contribution in [0.1, 0.15) is 56.8 Å². The van der Waals surface area contributed by atoms with Crippen LogP contribution in [0.5, 0.6) is 0 Å². The molecular formula is C26H38N4O4S. The number of hydrogen-bond donors (Lipinski definition) is 2. The Hall–Kier alpha value is -2.23. The normalized spacial score (nSPS) is 22.9. The standard InChI is InChI=1S/C26H38N4O4S/c1-18-7-11-30(12-8-18)35(33,34)21-5-6-24-22(14-21)23(15-25(31)28-24)26(32)27-9-4-10-29-16-19(2)13-20(3)17-29/h5-6,14-15,18-20H,4,7-13,16-17H2,1-3H3,(H,27,32)(H,28,31)/t19-,20-/m1/s1. The molecule has 0 saturated carbocycles. The molecule has 0 bridgehead atoms. The second kappa shape index (κ2) is 10.8. The molecule has 2 aliphatic heterocycles. The predicted octanol–water partition coefficient (Wildman–Crippen LogP) is 3.05. The van der Waals surface area contributed by atoms with Gasteiger partial charge in [0.1, 0.15) is 0 Å². The fourth-order valence-electron chi connectivity index (χ4n) is 5.53. The number of sulfonamides is 1. The number of hydrogen-bond acceptors (Lipinski definition) is 5. The topological polar surface area (TPSA) is 103 Å². The number of amides is 1. The van der Waals surface area contributed by atoms with Crippen molar-refractivity contribution in [3.63, 3.8) is 0 Å². The number of nitrogens with one attached hydrogen (secondary N) is 2. The summed E-state index contributed by atoms with van der Waals surface area (Å²) in [5.41, 5.74) is 0.262.